The van der Waals surface area contributed by atoms with Crippen LogP contribution in [0.1, 0.15) is 64.5 Å². The highest BCUT2D eigenvalue weighted by atomic mass is 16.7. The molecule has 0 bridgehead atoms. The molecule has 3 rings (SSSR count). The van der Waals surface area contributed by atoms with Crippen LogP contribution in [0.5, 0.6) is 0 Å². The molecule has 0 radical (unpaired) electrons. The van der Waals surface area contributed by atoms with E-state index in [4.69, 9.17) is 4.74 Å². The van der Waals surface area contributed by atoms with E-state index in [1.54, 1.807) is 0 Å². The third kappa shape index (κ3) is 2.79. The molecule has 1 aromatic carbocycles. The van der Waals surface area contributed by atoms with Crippen LogP contribution in [0.2, 0.25) is 0 Å². The molecule has 1 aliphatic carbocycles. The molecule has 1 saturated heterocycles. The Morgan fingerprint density at radius 1 is 1.17 bits per heavy atom. The molecule has 2 atom stereocenters. The van der Waals surface area contributed by atoms with Gasteiger partial charge < -0.3 is 15.2 Å². The summed E-state index contributed by atoms with van der Waals surface area (Å²) in [5.41, 5.74) is -0.880. The smallest absolute Gasteiger partial charge is 0.341 e. The van der Waals surface area contributed by atoms with E-state index in [-0.39, 0.29) is 11.6 Å². The molecule has 2 aliphatic rings. The normalized spacial score (nSPS) is 27.6. The predicted octanol–water partition coefficient (Wildman–Crippen LogP) is 3.67. The largest absolute Gasteiger partial charge is 0.479 e. The minimum atomic E-state index is -1.15. The lowest BCUT2D eigenvalue weighted by Crippen LogP contribution is -2.51. The Kier molecular flexibility index (Phi) is 4.01. The number of aliphatic carboxylic acids is 1. The minimum absolute atomic E-state index is 0.204. The lowest BCUT2D eigenvalue weighted by molar-refractivity contribution is -0.145. The quantitative estimate of drug-likeness (QED) is 0.832. The van der Waals surface area contributed by atoms with Crippen LogP contribution in [0.25, 0.3) is 0 Å². The molecule has 0 aromatic heterocycles. The number of rotatable bonds is 4. The van der Waals surface area contributed by atoms with Crippen LogP contribution in [0, 0.1) is 0 Å². The van der Waals surface area contributed by atoms with Crippen molar-refractivity contribution in [3.05, 3.63) is 35.9 Å². The maximum Gasteiger partial charge on any atom is 0.341 e. The van der Waals surface area contributed by atoms with E-state index >= 15 is 0 Å². The average molecular weight is 317 g/mol. The third-order valence-electron chi connectivity index (χ3n) is 5.09. The fraction of sp³-hybridized carbons (Fsp3) is 0.632. The Balaban J connectivity index is 2.02. The number of carboxylic acid groups (broad SMARTS) is 1. The van der Waals surface area contributed by atoms with E-state index < -0.39 is 17.2 Å². The second kappa shape index (κ2) is 5.60. The summed E-state index contributed by atoms with van der Waals surface area (Å²) in [6, 6.07) is 9.50. The highest BCUT2D eigenvalue weighted by Crippen LogP contribution is 2.62. The third-order valence-corrected chi connectivity index (χ3v) is 5.09. The van der Waals surface area contributed by atoms with E-state index in [1.807, 2.05) is 30.3 Å². The summed E-state index contributed by atoms with van der Waals surface area (Å²) < 4.78 is 6.09. The summed E-state index contributed by atoms with van der Waals surface area (Å²) in [5.74, 6) is -0.843. The first-order valence-corrected chi connectivity index (χ1v) is 8.57. The fourth-order valence-electron chi connectivity index (χ4n) is 4.06. The van der Waals surface area contributed by atoms with Crippen molar-refractivity contribution in [2.75, 3.05) is 0 Å². The number of benzene rings is 1. The maximum absolute atomic E-state index is 12.3. The van der Waals surface area contributed by atoms with Gasteiger partial charge in [-0.2, -0.15) is 0 Å². The van der Waals surface area contributed by atoms with Gasteiger partial charge in [-0.3, -0.25) is 0 Å². The molecule has 2 fully saturated rings. The molecule has 4 heteroatoms. The molecular weight excluding hydrogens is 290 g/mol. The van der Waals surface area contributed by atoms with Crippen LogP contribution in [-0.4, -0.2) is 27.8 Å². The SMILES string of the molecule is CC(C)(C)N[C@H](c1ccccc1)[C@]1(C(=O)O)OC12CCCCC2. The number of carboxylic acids is 1. The monoisotopic (exact) mass is 317 g/mol. The van der Waals surface area contributed by atoms with Crippen molar-refractivity contribution in [1.29, 1.82) is 0 Å². The van der Waals surface area contributed by atoms with Gasteiger partial charge in [0.1, 0.15) is 5.60 Å². The molecular formula is C19H27NO3. The van der Waals surface area contributed by atoms with E-state index in [0.29, 0.717) is 0 Å². The molecule has 1 spiro atoms. The zero-order valence-corrected chi connectivity index (χ0v) is 14.3. The van der Waals surface area contributed by atoms with Crippen molar-refractivity contribution in [2.24, 2.45) is 0 Å². The van der Waals surface area contributed by atoms with E-state index in [0.717, 1.165) is 31.2 Å². The Bertz CT molecular complexity index is 572. The van der Waals surface area contributed by atoms with Gasteiger partial charge in [0.05, 0.1) is 6.04 Å². The van der Waals surface area contributed by atoms with Crippen LogP contribution in [-0.2, 0) is 9.53 Å². The summed E-state index contributed by atoms with van der Waals surface area (Å²) >= 11 is 0. The number of hydrogen-bond acceptors (Lipinski definition) is 3. The maximum atomic E-state index is 12.3. The lowest BCUT2D eigenvalue weighted by atomic mass is 9.74. The first-order chi connectivity index (χ1) is 10.8. The van der Waals surface area contributed by atoms with Crippen LogP contribution >= 0.6 is 0 Å². The first kappa shape index (κ1) is 16.5. The Labute approximate surface area is 138 Å². The zero-order valence-electron chi connectivity index (χ0n) is 14.3. The van der Waals surface area contributed by atoms with Crippen molar-refractivity contribution in [1.82, 2.24) is 5.32 Å². The molecule has 0 amide bonds. The number of nitrogens with one attached hydrogen (secondary N) is 1. The Morgan fingerprint density at radius 3 is 2.30 bits per heavy atom. The summed E-state index contributed by atoms with van der Waals surface area (Å²) in [6.07, 6.45) is 4.95. The number of carbonyl (C=O) groups is 1. The predicted molar refractivity (Wildman–Crippen MR) is 89.3 cm³/mol. The molecule has 1 heterocycles. The molecule has 0 unspecified atom stereocenters. The average Bonchev–Trinajstić information content (AvgIpc) is 3.14. The topological polar surface area (TPSA) is 61.9 Å². The first-order valence-electron chi connectivity index (χ1n) is 8.57. The lowest BCUT2D eigenvalue weighted by Gasteiger charge is -2.34. The number of hydrogen-bond donors (Lipinski definition) is 2. The van der Waals surface area contributed by atoms with E-state index in [9.17, 15) is 9.90 Å². The van der Waals surface area contributed by atoms with Crippen LogP contribution in [0.15, 0.2) is 30.3 Å². The molecule has 23 heavy (non-hydrogen) atoms. The van der Waals surface area contributed by atoms with Crippen LogP contribution < -0.4 is 5.32 Å². The Morgan fingerprint density at radius 2 is 1.78 bits per heavy atom. The molecule has 1 aromatic rings. The van der Waals surface area contributed by atoms with Crippen LogP contribution in [0.4, 0.5) is 0 Å². The fourth-order valence-corrected chi connectivity index (χ4v) is 4.06. The minimum Gasteiger partial charge on any atom is -0.479 e. The standard InChI is InChI=1S/C19H27NO3/c1-17(2,3)20-15(14-10-6-4-7-11-14)19(16(21)22)18(23-19)12-8-5-9-13-18/h4,6-7,10-11,15,20H,5,8-9,12-13H2,1-3H3,(H,21,22)/t15-,19-/m1/s1. The highest BCUT2D eigenvalue weighted by molar-refractivity contribution is 5.85. The van der Waals surface area contributed by atoms with Crippen molar-refractivity contribution in [2.45, 2.75) is 75.7 Å². The van der Waals surface area contributed by atoms with Crippen molar-refractivity contribution in [3.8, 4) is 0 Å². The van der Waals surface area contributed by atoms with Gasteiger partial charge in [-0.05, 0) is 39.2 Å². The summed E-state index contributed by atoms with van der Waals surface area (Å²) in [7, 11) is 0. The molecule has 4 nitrogen and oxygen atoms in total. The second-order valence-corrected chi connectivity index (χ2v) is 7.94. The van der Waals surface area contributed by atoms with Gasteiger partial charge in [-0.25, -0.2) is 4.79 Å². The van der Waals surface area contributed by atoms with Gasteiger partial charge in [0, 0.05) is 5.54 Å². The molecule has 2 N–H and O–H groups in total. The van der Waals surface area contributed by atoms with Gasteiger partial charge in [-0.1, -0.05) is 49.6 Å². The van der Waals surface area contributed by atoms with E-state index in [2.05, 4.69) is 26.1 Å². The Hall–Kier alpha value is -1.39. The summed E-state index contributed by atoms with van der Waals surface area (Å²) in [6.45, 7) is 6.19. The van der Waals surface area contributed by atoms with Gasteiger partial charge in [-0.15, -0.1) is 0 Å². The van der Waals surface area contributed by atoms with Gasteiger partial charge in [0.15, 0.2) is 0 Å². The highest BCUT2D eigenvalue weighted by Gasteiger charge is 2.78. The zero-order chi connectivity index (χ0) is 16.7. The van der Waals surface area contributed by atoms with Crippen molar-refractivity contribution >= 4 is 5.97 Å². The van der Waals surface area contributed by atoms with Crippen molar-refractivity contribution in [3.63, 3.8) is 0 Å². The summed E-state index contributed by atoms with van der Waals surface area (Å²) in [5, 5.41) is 13.6. The second-order valence-electron chi connectivity index (χ2n) is 7.94. The van der Waals surface area contributed by atoms with Gasteiger partial charge in [0.25, 0.3) is 0 Å². The van der Waals surface area contributed by atoms with Gasteiger partial charge in [0.2, 0.25) is 5.60 Å². The van der Waals surface area contributed by atoms with E-state index in [1.165, 1.54) is 6.42 Å². The number of epoxide rings is 1. The van der Waals surface area contributed by atoms with Crippen molar-refractivity contribution < 1.29 is 14.6 Å². The van der Waals surface area contributed by atoms with Gasteiger partial charge >= 0.3 is 5.97 Å². The molecule has 126 valence electrons. The van der Waals surface area contributed by atoms with Crippen LogP contribution in [0.3, 0.4) is 0 Å². The number of ether oxygens (including phenoxy) is 1. The molecule has 1 saturated carbocycles. The molecule has 1 aliphatic heterocycles. The summed E-state index contributed by atoms with van der Waals surface area (Å²) in [4.78, 5) is 12.3.